The molecule has 0 bridgehead atoms. The van der Waals surface area contributed by atoms with E-state index in [1.165, 1.54) is 6.07 Å². The third-order valence-corrected chi connectivity index (χ3v) is 9.53. The van der Waals surface area contributed by atoms with Gasteiger partial charge in [-0.25, -0.2) is 4.39 Å². The normalized spacial score (nSPS) is 13.5. The van der Waals surface area contributed by atoms with E-state index in [1.807, 2.05) is 25.2 Å². The lowest BCUT2D eigenvalue weighted by Gasteiger charge is -2.36. The molecule has 2 aromatic rings. The summed E-state index contributed by atoms with van der Waals surface area (Å²) in [6.07, 6.45) is 3.47. The van der Waals surface area contributed by atoms with Crippen molar-refractivity contribution in [3.05, 3.63) is 64.2 Å². The predicted molar refractivity (Wildman–Crippen MR) is 117 cm³/mol. The van der Waals surface area contributed by atoms with Crippen molar-refractivity contribution in [1.82, 2.24) is 4.98 Å². The highest BCUT2D eigenvalue weighted by atomic mass is 35.5. The number of benzene rings is 1. The zero-order valence-corrected chi connectivity index (χ0v) is 19.6. The average Bonchev–Trinajstić information content (AvgIpc) is 2.65. The van der Waals surface area contributed by atoms with E-state index in [9.17, 15) is 9.19 Å². The molecule has 1 unspecified atom stereocenters. The second kappa shape index (κ2) is 10.1. The zero-order valence-electron chi connectivity index (χ0n) is 17.8. The molecular formula is C22H31ClFNO3Si. The number of halogens is 2. The summed E-state index contributed by atoms with van der Waals surface area (Å²) in [5.74, 6) is -0.391. The van der Waals surface area contributed by atoms with Gasteiger partial charge in [0.25, 0.3) is 0 Å². The Labute approximate surface area is 179 Å². The molecule has 0 amide bonds. The first-order chi connectivity index (χ1) is 13.5. The Hall–Kier alpha value is -1.31. The summed E-state index contributed by atoms with van der Waals surface area (Å²) in [4.78, 5) is 15.1. The van der Waals surface area contributed by atoms with Gasteiger partial charge in [0.1, 0.15) is 18.7 Å². The van der Waals surface area contributed by atoms with Crippen LogP contribution in [0.3, 0.4) is 0 Å². The van der Waals surface area contributed by atoms with Crippen LogP contribution in [0.5, 0.6) is 0 Å². The Bertz CT molecular complexity index is 794. The van der Waals surface area contributed by atoms with Crippen molar-refractivity contribution in [2.45, 2.75) is 57.3 Å². The lowest BCUT2D eigenvalue weighted by atomic mass is 10.0. The van der Waals surface area contributed by atoms with Gasteiger partial charge >= 0.3 is 0 Å². The highest BCUT2D eigenvalue weighted by Crippen LogP contribution is 2.42. The van der Waals surface area contributed by atoms with E-state index in [2.05, 4.69) is 18.8 Å². The molecule has 7 heteroatoms. The van der Waals surface area contributed by atoms with E-state index in [0.717, 1.165) is 24.1 Å². The summed E-state index contributed by atoms with van der Waals surface area (Å²) in [6.45, 7) is 8.29. The number of hydrogen-bond acceptors (Lipinski definition) is 4. The fraction of sp³-hybridized carbons (Fsp3) is 0.500. The molecule has 1 heterocycles. The third kappa shape index (κ3) is 6.59. The molecule has 1 atom stereocenters. The van der Waals surface area contributed by atoms with E-state index in [-0.39, 0.29) is 23.0 Å². The Morgan fingerprint density at radius 3 is 2.55 bits per heavy atom. The van der Waals surface area contributed by atoms with E-state index in [1.54, 1.807) is 25.4 Å². The molecule has 0 fully saturated rings. The Kier molecular flexibility index (Phi) is 8.37. The molecule has 1 aromatic carbocycles. The summed E-state index contributed by atoms with van der Waals surface area (Å²) in [6, 6.07) is 8.85. The average molecular weight is 440 g/mol. The van der Waals surface area contributed by atoms with Crippen molar-refractivity contribution in [2.24, 2.45) is 0 Å². The maximum absolute atomic E-state index is 14.1. The van der Waals surface area contributed by atoms with E-state index < -0.39 is 14.1 Å². The SMILES string of the molecule is COCOC(CCC(C)(C)[Si](C)(C)O)c1ccc(Cc2cccc(Cl)c2F)cn1. The van der Waals surface area contributed by atoms with Crippen LogP contribution in [0.25, 0.3) is 0 Å². The van der Waals surface area contributed by atoms with E-state index >= 15 is 0 Å². The van der Waals surface area contributed by atoms with Crippen molar-refractivity contribution in [1.29, 1.82) is 0 Å². The first-order valence-electron chi connectivity index (χ1n) is 9.76. The lowest BCUT2D eigenvalue weighted by molar-refractivity contribution is -0.0785. The van der Waals surface area contributed by atoms with Gasteiger partial charge in [0.2, 0.25) is 0 Å². The maximum atomic E-state index is 14.1. The van der Waals surface area contributed by atoms with Gasteiger partial charge in [-0.05, 0) is 54.2 Å². The molecule has 0 radical (unpaired) electrons. The van der Waals surface area contributed by atoms with Gasteiger partial charge in [-0.3, -0.25) is 4.98 Å². The van der Waals surface area contributed by atoms with Crippen molar-refractivity contribution >= 4 is 19.9 Å². The monoisotopic (exact) mass is 439 g/mol. The number of nitrogens with zero attached hydrogens (tertiary/aromatic N) is 1. The Balaban J connectivity index is 2.12. The van der Waals surface area contributed by atoms with Crippen molar-refractivity contribution in [3.8, 4) is 0 Å². The molecule has 160 valence electrons. The maximum Gasteiger partial charge on any atom is 0.188 e. The number of aromatic nitrogens is 1. The fourth-order valence-corrected chi connectivity index (χ4v) is 3.85. The molecular weight excluding hydrogens is 409 g/mol. The molecule has 29 heavy (non-hydrogen) atoms. The van der Waals surface area contributed by atoms with Crippen LogP contribution in [-0.2, 0) is 15.9 Å². The molecule has 0 aliphatic rings. The van der Waals surface area contributed by atoms with Crippen molar-refractivity contribution < 1.29 is 18.7 Å². The smallest absolute Gasteiger partial charge is 0.188 e. The summed E-state index contributed by atoms with van der Waals surface area (Å²) < 4.78 is 25.1. The zero-order chi connectivity index (χ0) is 21.7. The third-order valence-electron chi connectivity index (χ3n) is 5.68. The van der Waals surface area contributed by atoms with Crippen molar-refractivity contribution in [2.75, 3.05) is 13.9 Å². The van der Waals surface area contributed by atoms with E-state index in [4.69, 9.17) is 21.1 Å². The van der Waals surface area contributed by atoms with Gasteiger partial charge in [0.15, 0.2) is 8.32 Å². The quantitative estimate of drug-likeness (QED) is 0.370. The van der Waals surface area contributed by atoms with E-state index in [0.29, 0.717) is 12.0 Å². The molecule has 1 aromatic heterocycles. The Morgan fingerprint density at radius 1 is 1.24 bits per heavy atom. The van der Waals surface area contributed by atoms with Gasteiger partial charge in [-0.2, -0.15) is 0 Å². The van der Waals surface area contributed by atoms with Crippen LogP contribution in [0.1, 0.15) is 49.6 Å². The van der Waals surface area contributed by atoms with Crippen LogP contribution in [0.4, 0.5) is 4.39 Å². The largest absolute Gasteiger partial charge is 0.432 e. The minimum atomic E-state index is -2.30. The summed E-state index contributed by atoms with van der Waals surface area (Å²) in [7, 11) is -0.716. The van der Waals surface area contributed by atoms with Gasteiger partial charge in [0, 0.05) is 19.7 Å². The minimum Gasteiger partial charge on any atom is -0.432 e. The first kappa shape index (κ1) is 24.0. The van der Waals surface area contributed by atoms with Gasteiger partial charge in [0.05, 0.1) is 10.7 Å². The van der Waals surface area contributed by atoms with Crippen LogP contribution >= 0.6 is 11.6 Å². The molecule has 1 N–H and O–H groups in total. The number of methoxy groups -OCH3 is 1. The second-order valence-electron chi connectivity index (χ2n) is 8.52. The van der Waals surface area contributed by atoms with Gasteiger partial charge in [-0.1, -0.05) is 43.6 Å². The fourth-order valence-electron chi connectivity index (χ4n) is 2.90. The number of hydrogen-bond donors (Lipinski definition) is 1. The molecule has 0 aliphatic carbocycles. The topological polar surface area (TPSA) is 51.6 Å². The summed E-state index contributed by atoms with van der Waals surface area (Å²) >= 11 is 5.86. The van der Waals surface area contributed by atoms with Crippen LogP contribution in [-0.4, -0.2) is 32.0 Å². The Morgan fingerprint density at radius 2 is 1.97 bits per heavy atom. The van der Waals surface area contributed by atoms with Gasteiger partial charge < -0.3 is 14.3 Å². The number of ether oxygens (including phenoxy) is 2. The van der Waals surface area contributed by atoms with Crippen LogP contribution < -0.4 is 0 Å². The second-order valence-corrected chi connectivity index (χ2v) is 13.4. The minimum absolute atomic E-state index is 0.123. The standard InChI is InChI=1S/C22H31ClFNO3Si/c1-22(2,29(4,5)26)12-11-20(28-15-27-3)19-10-9-16(14-25-19)13-17-7-6-8-18(23)21(17)24/h6-10,14,20,26H,11-13,15H2,1-5H3. The van der Waals surface area contributed by atoms with Crippen LogP contribution in [0.2, 0.25) is 23.2 Å². The van der Waals surface area contributed by atoms with Crippen LogP contribution in [0, 0.1) is 5.82 Å². The number of rotatable bonds is 10. The molecule has 2 rings (SSSR count). The highest BCUT2D eigenvalue weighted by molar-refractivity contribution is 6.72. The van der Waals surface area contributed by atoms with Gasteiger partial charge in [-0.15, -0.1) is 0 Å². The molecule has 0 saturated heterocycles. The predicted octanol–water partition coefficient (Wildman–Crippen LogP) is 5.88. The molecule has 4 nitrogen and oxygen atoms in total. The molecule has 0 saturated carbocycles. The first-order valence-corrected chi connectivity index (χ1v) is 13.1. The molecule has 0 aliphatic heterocycles. The molecule has 0 spiro atoms. The highest BCUT2D eigenvalue weighted by Gasteiger charge is 2.38. The van der Waals surface area contributed by atoms with Crippen molar-refractivity contribution in [3.63, 3.8) is 0 Å². The summed E-state index contributed by atoms with van der Waals surface area (Å²) in [5, 5.41) is -0.0239. The lowest BCUT2D eigenvalue weighted by Crippen LogP contribution is -2.39. The summed E-state index contributed by atoms with van der Waals surface area (Å²) in [5.41, 5.74) is 2.23. The number of pyridine rings is 1. The van der Waals surface area contributed by atoms with Crippen LogP contribution in [0.15, 0.2) is 36.5 Å².